The van der Waals surface area contributed by atoms with E-state index in [-0.39, 0.29) is 23.7 Å². The smallest absolute Gasteiger partial charge is 0.422 e. The van der Waals surface area contributed by atoms with Gasteiger partial charge in [0.2, 0.25) is 0 Å². The normalized spacial score (nSPS) is 21.3. The van der Waals surface area contributed by atoms with E-state index in [1.165, 1.54) is 0 Å². The van der Waals surface area contributed by atoms with Crippen LogP contribution in [0.2, 0.25) is 0 Å². The number of alkyl halides is 3. The molecule has 1 aromatic carbocycles. The summed E-state index contributed by atoms with van der Waals surface area (Å²) in [5.41, 5.74) is 1.54. The number of hydrogen-bond donors (Lipinski definition) is 2. The molecule has 0 unspecified atom stereocenters. The molecule has 0 aliphatic heterocycles. The standard InChI is InChI=1S/C24H29F3N4O3/c1-13-8-18(20-30-31-21(34-20)28-14-6-7-23(5,32)11-14)29-19-16(13)9-15(33-12-24(25,26)27)10-17(19)22(2,3)4/h8-10,14,32H,6-7,11-12H2,1-5H3,(H,28,31)/t14-,23-/m0/s1. The van der Waals surface area contributed by atoms with Crippen LogP contribution in [0.4, 0.5) is 19.2 Å². The Balaban J connectivity index is 1.68. The van der Waals surface area contributed by atoms with Crippen LogP contribution < -0.4 is 10.1 Å². The number of aryl methyl sites for hydroxylation is 1. The number of aromatic nitrogens is 3. The Morgan fingerprint density at radius 3 is 2.56 bits per heavy atom. The number of nitrogens with zero attached hydrogens (tertiary/aromatic N) is 3. The number of rotatable bonds is 5. The Bertz CT molecular complexity index is 1200. The summed E-state index contributed by atoms with van der Waals surface area (Å²) < 4.78 is 48.9. The minimum Gasteiger partial charge on any atom is -0.484 e. The lowest BCUT2D eigenvalue weighted by Crippen LogP contribution is -2.23. The largest absolute Gasteiger partial charge is 0.484 e. The summed E-state index contributed by atoms with van der Waals surface area (Å²) >= 11 is 0. The van der Waals surface area contributed by atoms with Crippen molar-refractivity contribution in [3.63, 3.8) is 0 Å². The first kappa shape index (κ1) is 24.3. The summed E-state index contributed by atoms with van der Waals surface area (Å²) in [7, 11) is 0. The molecule has 0 spiro atoms. The molecule has 3 aromatic rings. The first-order valence-corrected chi connectivity index (χ1v) is 11.2. The van der Waals surface area contributed by atoms with Gasteiger partial charge in [0, 0.05) is 11.4 Å². The molecule has 0 radical (unpaired) electrons. The van der Waals surface area contributed by atoms with E-state index < -0.39 is 23.8 Å². The molecule has 1 saturated carbocycles. The van der Waals surface area contributed by atoms with Crippen LogP contribution >= 0.6 is 0 Å². The van der Waals surface area contributed by atoms with Crippen LogP contribution in [0, 0.1) is 6.92 Å². The highest BCUT2D eigenvalue weighted by molar-refractivity contribution is 5.89. The quantitative estimate of drug-likeness (QED) is 0.497. The van der Waals surface area contributed by atoms with E-state index in [4.69, 9.17) is 14.1 Å². The summed E-state index contributed by atoms with van der Waals surface area (Å²) in [4.78, 5) is 4.75. The van der Waals surface area contributed by atoms with E-state index in [9.17, 15) is 18.3 Å². The van der Waals surface area contributed by atoms with E-state index in [0.29, 0.717) is 29.4 Å². The number of aliphatic hydroxyl groups is 1. The molecule has 2 aromatic heterocycles. The third kappa shape index (κ3) is 5.43. The highest BCUT2D eigenvalue weighted by atomic mass is 19.4. The summed E-state index contributed by atoms with van der Waals surface area (Å²) in [6.07, 6.45) is -2.34. The fourth-order valence-electron chi connectivity index (χ4n) is 4.30. The second kappa shape index (κ2) is 8.41. The fraction of sp³-hybridized carbons (Fsp3) is 0.542. The van der Waals surface area contributed by atoms with Crippen LogP contribution in [0.5, 0.6) is 5.75 Å². The minimum atomic E-state index is -4.42. The zero-order valence-electron chi connectivity index (χ0n) is 19.9. The van der Waals surface area contributed by atoms with Gasteiger partial charge >= 0.3 is 12.2 Å². The van der Waals surface area contributed by atoms with Gasteiger partial charge in [-0.2, -0.15) is 13.2 Å². The molecule has 10 heteroatoms. The fourth-order valence-corrected chi connectivity index (χ4v) is 4.30. The lowest BCUT2D eigenvalue weighted by atomic mass is 9.84. The lowest BCUT2D eigenvalue weighted by Gasteiger charge is -2.23. The molecule has 0 bridgehead atoms. The predicted molar refractivity (Wildman–Crippen MR) is 122 cm³/mol. The van der Waals surface area contributed by atoms with Gasteiger partial charge in [0.1, 0.15) is 11.4 Å². The molecule has 2 heterocycles. The van der Waals surface area contributed by atoms with Gasteiger partial charge in [-0.15, -0.1) is 5.10 Å². The number of fused-ring (bicyclic) bond motifs is 1. The predicted octanol–water partition coefficient (Wildman–Crippen LogP) is 5.55. The van der Waals surface area contributed by atoms with Crippen LogP contribution in [0.15, 0.2) is 22.6 Å². The highest BCUT2D eigenvalue weighted by Gasteiger charge is 2.34. The van der Waals surface area contributed by atoms with Crippen molar-refractivity contribution in [2.75, 3.05) is 11.9 Å². The average Bonchev–Trinajstić information content (AvgIpc) is 3.31. The third-order valence-electron chi connectivity index (χ3n) is 5.99. The van der Waals surface area contributed by atoms with Crippen LogP contribution in [0.3, 0.4) is 0 Å². The lowest BCUT2D eigenvalue weighted by molar-refractivity contribution is -0.153. The number of nitrogens with one attached hydrogen (secondary N) is 1. The second-order valence-electron chi connectivity index (χ2n) is 10.3. The minimum absolute atomic E-state index is 0.0391. The molecule has 2 atom stereocenters. The SMILES string of the molecule is Cc1cc(-c2nnc(N[C@H]3CC[C@](C)(O)C3)o2)nc2c(C(C)(C)C)cc(OCC(F)(F)F)cc12. The zero-order chi connectivity index (χ0) is 24.9. The monoisotopic (exact) mass is 478 g/mol. The maximum absolute atomic E-state index is 12.7. The van der Waals surface area contributed by atoms with E-state index in [1.54, 1.807) is 18.2 Å². The number of anilines is 1. The van der Waals surface area contributed by atoms with Crippen LogP contribution in [0.25, 0.3) is 22.5 Å². The number of pyridine rings is 1. The van der Waals surface area contributed by atoms with E-state index in [1.807, 2.05) is 34.6 Å². The van der Waals surface area contributed by atoms with Crippen LogP contribution in [-0.2, 0) is 5.41 Å². The molecule has 1 aliphatic carbocycles. The van der Waals surface area contributed by atoms with Crippen molar-refractivity contribution in [2.45, 2.75) is 77.1 Å². The van der Waals surface area contributed by atoms with Crippen molar-refractivity contribution >= 4 is 16.9 Å². The molecule has 7 nitrogen and oxygen atoms in total. The number of benzene rings is 1. The first-order chi connectivity index (χ1) is 15.7. The summed E-state index contributed by atoms with van der Waals surface area (Å²) in [6.45, 7) is 8.19. The van der Waals surface area contributed by atoms with Crippen LogP contribution in [0.1, 0.15) is 58.1 Å². The van der Waals surface area contributed by atoms with Crippen molar-refractivity contribution in [2.24, 2.45) is 0 Å². The summed E-state index contributed by atoms with van der Waals surface area (Å²) in [5.74, 6) is 0.374. The zero-order valence-corrected chi connectivity index (χ0v) is 19.9. The number of halogens is 3. The van der Waals surface area contributed by atoms with Gasteiger partial charge < -0.3 is 19.6 Å². The Morgan fingerprint density at radius 1 is 1.21 bits per heavy atom. The molecule has 2 N–H and O–H groups in total. The van der Waals surface area contributed by atoms with Gasteiger partial charge in [-0.3, -0.25) is 0 Å². The molecule has 184 valence electrons. The van der Waals surface area contributed by atoms with Crippen molar-refractivity contribution in [3.05, 3.63) is 29.3 Å². The highest BCUT2D eigenvalue weighted by Crippen LogP contribution is 2.37. The van der Waals surface area contributed by atoms with E-state index >= 15 is 0 Å². The Hall–Kier alpha value is -2.88. The summed E-state index contributed by atoms with van der Waals surface area (Å²) in [5, 5.41) is 22.2. The van der Waals surface area contributed by atoms with Crippen molar-refractivity contribution < 1.29 is 27.4 Å². The maximum atomic E-state index is 12.7. The van der Waals surface area contributed by atoms with Crippen molar-refractivity contribution in [3.8, 4) is 17.3 Å². The summed E-state index contributed by atoms with van der Waals surface area (Å²) in [6, 6.07) is 5.24. The number of hydrogen-bond acceptors (Lipinski definition) is 7. The van der Waals surface area contributed by atoms with Crippen molar-refractivity contribution in [1.82, 2.24) is 15.2 Å². The Morgan fingerprint density at radius 2 is 1.94 bits per heavy atom. The molecule has 34 heavy (non-hydrogen) atoms. The first-order valence-electron chi connectivity index (χ1n) is 11.2. The number of ether oxygens (including phenoxy) is 1. The van der Waals surface area contributed by atoms with E-state index in [0.717, 1.165) is 17.5 Å². The van der Waals surface area contributed by atoms with Crippen molar-refractivity contribution in [1.29, 1.82) is 0 Å². The Labute approximate surface area is 195 Å². The maximum Gasteiger partial charge on any atom is 0.422 e. The molecule has 0 amide bonds. The molecular formula is C24H29F3N4O3. The van der Waals surface area contributed by atoms with E-state index in [2.05, 4.69) is 15.5 Å². The molecule has 1 fully saturated rings. The Kier molecular flexibility index (Phi) is 6.00. The third-order valence-corrected chi connectivity index (χ3v) is 5.99. The molecule has 0 saturated heterocycles. The topological polar surface area (TPSA) is 93.3 Å². The van der Waals surface area contributed by atoms with Gasteiger partial charge in [0.05, 0.1) is 11.1 Å². The van der Waals surface area contributed by atoms with Gasteiger partial charge in [-0.05, 0) is 67.9 Å². The van der Waals surface area contributed by atoms with Gasteiger partial charge in [0.25, 0.3) is 5.89 Å². The van der Waals surface area contributed by atoms with Crippen LogP contribution in [-0.4, -0.2) is 44.7 Å². The van der Waals surface area contributed by atoms with Gasteiger partial charge in [-0.25, -0.2) is 4.98 Å². The van der Waals surface area contributed by atoms with Gasteiger partial charge in [-0.1, -0.05) is 25.9 Å². The molecule has 1 aliphatic rings. The van der Waals surface area contributed by atoms with Gasteiger partial charge in [0.15, 0.2) is 6.61 Å². The molecule has 4 rings (SSSR count). The molecular weight excluding hydrogens is 449 g/mol. The average molecular weight is 479 g/mol. The second-order valence-corrected chi connectivity index (χ2v) is 10.3.